The number of fused-ring (bicyclic) bond motifs is 2. The third-order valence-electron chi connectivity index (χ3n) is 7.51. The highest BCUT2D eigenvalue weighted by atomic mass is 16.5. The molecule has 0 fully saturated rings. The number of phenolic OH excluding ortho intramolecular Hbond substituents is 1. The van der Waals surface area contributed by atoms with E-state index in [1.165, 1.54) is 13.2 Å². The molecule has 4 N–H and O–H groups in total. The molecule has 5 atom stereocenters. The third-order valence-corrected chi connectivity index (χ3v) is 7.51. The lowest BCUT2D eigenvalue weighted by Gasteiger charge is -2.29. The molecule has 0 unspecified atom stereocenters. The summed E-state index contributed by atoms with van der Waals surface area (Å²) in [6.45, 7) is 9.34. The number of carbonyl (C=O) groups excluding carboxylic acids is 3. The van der Waals surface area contributed by atoms with E-state index in [4.69, 9.17) is 9.47 Å². The van der Waals surface area contributed by atoms with Gasteiger partial charge in [0.25, 0.3) is 0 Å². The predicted molar refractivity (Wildman–Crippen MR) is 173 cm³/mol. The number of aryl methyl sites for hydroxylation is 1. The van der Waals surface area contributed by atoms with Crippen LogP contribution in [0.3, 0.4) is 0 Å². The number of allylic oxidation sites excluding steroid dienone is 5. The summed E-state index contributed by atoms with van der Waals surface area (Å²) in [5.41, 5.74) is 2.05. The van der Waals surface area contributed by atoms with E-state index in [-0.39, 0.29) is 24.0 Å². The van der Waals surface area contributed by atoms with Crippen LogP contribution in [0.25, 0.3) is 0 Å². The Morgan fingerprint density at radius 2 is 1.84 bits per heavy atom. The molecule has 44 heavy (non-hydrogen) atoms. The molecule has 0 aromatic heterocycles. The van der Waals surface area contributed by atoms with Gasteiger partial charge in [0.2, 0.25) is 11.8 Å². The first kappa shape index (κ1) is 36.5. The van der Waals surface area contributed by atoms with Gasteiger partial charge in [-0.15, -0.1) is 0 Å². The van der Waals surface area contributed by atoms with E-state index in [2.05, 4.69) is 10.6 Å². The van der Waals surface area contributed by atoms with E-state index in [1.807, 2.05) is 58.1 Å². The van der Waals surface area contributed by atoms with Gasteiger partial charge in [-0.05, 0) is 62.3 Å². The number of aliphatic hydroxyl groups is 1. The molecule has 1 aliphatic heterocycles. The second-order valence-electron chi connectivity index (χ2n) is 11.8. The van der Waals surface area contributed by atoms with Gasteiger partial charge in [-0.1, -0.05) is 63.3 Å². The van der Waals surface area contributed by atoms with E-state index >= 15 is 0 Å². The smallest absolute Gasteiger partial charge is 0.328 e. The maximum absolute atomic E-state index is 13.0. The number of nitrogens with one attached hydrogen (secondary N) is 2. The summed E-state index contributed by atoms with van der Waals surface area (Å²) < 4.78 is 11.3. The van der Waals surface area contributed by atoms with E-state index in [1.54, 1.807) is 31.2 Å². The van der Waals surface area contributed by atoms with Crippen molar-refractivity contribution in [3.05, 3.63) is 71.9 Å². The number of phenols is 1. The molecule has 1 aromatic rings. The second-order valence-corrected chi connectivity index (χ2v) is 11.8. The van der Waals surface area contributed by atoms with Gasteiger partial charge in [-0.25, -0.2) is 4.79 Å². The van der Waals surface area contributed by atoms with Crippen molar-refractivity contribution < 1.29 is 34.1 Å². The molecule has 242 valence electrons. The number of esters is 1. The predicted octanol–water partition coefficient (Wildman–Crippen LogP) is 5.54. The summed E-state index contributed by atoms with van der Waals surface area (Å²) in [6.07, 6.45) is 13.5. The maximum atomic E-state index is 13.0. The Morgan fingerprint density at radius 3 is 2.55 bits per heavy atom. The Morgan fingerprint density at radius 1 is 1.11 bits per heavy atom. The van der Waals surface area contributed by atoms with Crippen molar-refractivity contribution in [2.45, 2.75) is 97.5 Å². The van der Waals surface area contributed by atoms with Crippen molar-refractivity contribution in [2.24, 2.45) is 11.8 Å². The molecule has 0 saturated carbocycles. The first-order valence-corrected chi connectivity index (χ1v) is 15.4. The van der Waals surface area contributed by atoms with Gasteiger partial charge in [0.05, 0.1) is 18.6 Å². The molecule has 2 amide bonds. The van der Waals surface area contributed by atoms with Crippen LogP contribution in [-0.4, -0.2) is 59.5 Å². The van der Waals surface area contributed by atoms with Gasteiger partial charge >= 0.3 is 5.97 Å². The number of hydrogen-bond acceptors (Lipinski definition) is 7. The van der Waals surface area contributed by atoms with E-state index in [9.17, 15) is 24.6 Å². The molecule has 2 bridgehead atoms. The molecule has 1 aromatic carbocycles. The molecular formula is C35H50N2O7. The Hall–Kier alpha value is -3.69. The number of aromatic hydroxyl groups is 1. The van der Waals surface area contributed by atoms with Crippen LogP contribution in [0.15, 0.2) is 66.3 Å². The average molecular weight is 611 g/mol. The summed E-state index contributed by atoms with van der Waals surface area (Å²) in [5.74, 6) is -1.02. The van der Waals surface area contributed by atoms with Crippen LogP contribution in [0.1, 0.15) is 72.3 Å². The van der Waals surface area contributed by atoms with Crippen molar-refractivity contribution in [2.75, 3.05) is 12.4 Å². The van der Waals surface area contributed by atoms with Crippen LogP contribution in [0, 0.1) is 11.8 Å². The van der Waals surface area contributed by atoms with Gasteiger partial charge < -0.3 is 30.3 Å². The zero-order chi connectivity index (χ0) is 32.6. The zero-order valence-electron chi connectivity index (χ0n) is 26.9. The van der Waals surface area contributed by atoms with Gasteiger partial charge in [-0.2, -0.15) is 0 Å². The average Bonchev–Trinajstić information content (AvgIpc) is 2.96. The molecular weight excluding hydrogens is 560 g/mol. The Labute approximate surface area is 262 Å². The second kappa shape index (κ2) is 18.9. The van der Waals surface area contributed by atoms with Crippen LogP contribution in [0.2, 0.25) is 0 Å². The van der Waals surface area contributed by atoms with Crippen LogP contribution in [-0.2, 0) is 30.3 Å². The quantitative estimate of drug-likeness (QED) is 0.235. The number of aliphatic hydroxyl groups excluding tert-OH is 1. The Bertz CT molecular complexity index is 1220. The highest BCUT2D eigenvalue weighted by molar-refractivity contribution is 5.91. The lowest BCUT2D eigenvalue weighted by Crippen LogP contribution is -2.43. The summed E-state index contributed by atoms with van der Waals surface area (Å²) in [5, 5.41) is 27.0. The minimum absolute atomic E-state index is 0.0429. The summed E-state index contributed by atoms with van der Waals surface area (Å²) in [7, 11) is 1.53. The lowest BCUT2D eigenvalue weighted by molar-refractivity contribution is -0.156. The van der Waals surface area contributed by atoms with Crippen molar-refractivity contribution in [3.8, 4) is 5.75 Å². The monoisotopic (exact) mass is 610 g/mol. The molecule has 1 heterocycles. The number of ether oxygens (including phenoxy) is 2. The summed E-state index contributed by atoms with van der Waals surface area (Å²) in [4.78, 5) is 37.9. The Kier molecular flexibility index (Phi) is 15.6. The molecule has 1 aliphatic rings. The van der Waals surface area contributed by atoms with Crippen LogP contribution >= 0.6 is 0 Å². The molecule has 2 rings (SSSR count). The molecule has 0 spiro atoms. The highest BCUT2D eigenvalue weighted by Crippen LogP contribution is 2.24. The number of methoxy groups -OCH3 is 1. The minimum atomic E-state index is -0.880. The van der Waals surface area contributed by atoms with E-state index < -0.39 is 36.2 Å². The van der Waals surface area contributed by atoms with E-state index in [0.717, 1.165) is 17.6 Å². The van der Waals surface area contributed by atoms with Gasteiger partial charge in [0, 0.05) is 37.6 Å². The molecule has 9 heteroatoms. The Balaban J connectivity index is 2.27. The van der Waals surface area contributed by atoms with Gasteiger partial charge in [0.1, 0.15) is 17.9 Å². The number of amides is 2. The number of benzene rings is 1. The molecule has 9 nitrogen and oxygen atoms in total. The SMILES string of the molecule is CO[C@@H]1\C=C/C=C\C=C/C[C@@H](OC(=O)[C@H](C)NC(=O)CCC(C)C)[C@H](C)[C@@H](O)/C(C)=C\CCc2cc(O)cc(c2)NC(=O)C1. The standard InChI is InChI=1S/C35H50N2O7/c1-23(2)17-18-32(39)36-26(5)35(42)44-31-16-11-9-7-8-10-15-30(43-6)22-33(40)37-28-19-27(20-29(38)21-28)14-12-13-24(3)34(41)25(31)4/h7-11,13,15,19-21,23,25-26,30-31,34,38,41H,12,14,16-18,22H2,1-6H3,(H,36,39)(H,37,40)/b8-7-,11-9-,15-10-,24-13-/t25-,26-,30+,31+,34-/m0/s1. The normalized spacial score (nSPS) is 26.2. The molecule has 0 radical (unpaired) electrons. The van der Waals surface area contributed by atoms with E-state index in [0.29, 0.717) is 37.3 Å². The number of rotatable bonds is 7. The minimum Gasteiger partial charge on any atom is -0.508 e. The zero-order valence-corrected chi connectivity index (χ0v) is 26.9. The van der Waals surface area contributed by atoms with Gasteiger partial charge in [-0.3, -0.25) is 9.59 Å². The van der Waals surface area contributed by atoms with Crippen LogP contribution < -0.4 is 10.6 Å². The summed E-state index contributed by atoms with van der Waals surface area (Å²) >= 11 is 0. The fraction of sp³-hybridized carbons (Fsp3) is 0.514. The third kappa shape index (κ3) is 13.3. The van der Waals surface area contributed by atoms with Crippen molar-refractivity contribution >= 4 is 23.5 Å². The molecule has 0 aliphatic carbocycles. The van der Waals surface area contributed by atoms with Crippen molar-refractivity contribution in [1.29, 1.82) is 0 Å². The lowest BCUT2D eigenvalue weighted by atomic mass is 9.90. The maximum Gasteiger partial charge on any atom is 0.328 e. The van der Waals surface area contributed by atoms with Crippen molar-refractivity contribution in [3.63, 3.8) is 0 Å². The highest BCUT2D eigenvalue weighted by Gasteiger charge is 2.29. The molecule has 0 saturated heterocycles. The van der Waals surface area contributed by atoms with Crippen LogP contribution in [0.4, 0.5) is 5.69 Å². The van der Waals surface area contributed by atoms with Gasteiger partial charge in [0.15, 0.2) is 0 Å². The van der Waals surface area contributed by atoms with Crippen molar-refractivity contribution in [1.82, 2.24) is 5.32 Å². The first-order valence-electron chi connectivity index (χ1n) is 15.4. The largest absolute Gasteiger partial charge is 0.508 e. The fourth-order valence-electron chi connectivity index (χ4n) is 4.74. The number of hydrogen-bond donors (Lipinski definition) is 4. The number of anilines is 1. The first-order chi connectivity index (χ1) is 20.9. The van der Waals surface area contributed by atoms with Crippen LogP contribution in [0.5, 0.6) is 5.75 Å². The topological polar surface area (TPSA) is 134 Å². The fourth-order valence-corrected chi connectivity index (χ4v) is 4.74. The number of carbonyl (C=O) groups is 3. The summed E-state index contributed by atoms with van der Waals surface area (Å²) in [6, 6.07) is 4.13.